The number of pyridine rings is 1. The highest BCUT2D eigenvalue weighted by Crippen LogP contribution is 2.39. The number of rotatable bonds is 8. The Morgan fingerprint density at radius 3 is 2.73 bits per heavy atom. The van der Waals surface area contributed by atoms with Crippen molar-refractivity contribution in [1.29, 1.82) is 0 Å². The van der Waals surface area contributed by atoms with Gasteiger partial charge in [0.05, 0.1) is 18.4 Å². The number of aldehydes is 1. The summed E-state index contributed by atoms with van der Waals surface area (Å²) in [4.78, 5) is 24.7. The van der Waals surface area contributed by atoms with E-state index >= 15 is 0 Å². The summed E-state index contributed by atoms with van der Waals surface area (Å²) in [7, 11) is 1.70. The van der Waals surface area contributed by atoms with Crippen LogP contribution in [0.5, 0.6) is 0 Å². The Bertz CT molecular complexity index is 1500. The van der Waals surface area contributed by atoms with Crippen molar-refractivity contribution >= 4 is 22.8 Å². The lowest BCUT2D eigenvalue weighted by atomic mass is 9.87. The summed E-state index contributed by atoms with van der Waals surface area (Å²) in [5.41, 5.74) is 8.07. The van der Waals surface area contributed by atoms with E-state index in [2.05, 4.69) is 76.1 Å². The molecule has 2 aliphatic rings. The molecule has 0 radical (unpaired) electrons. The number of aromatic amines is 1. The molecule has 4 aromatic rings. The SMILES string of the molecule is CO[C@@H]1C[C@H](CO)N(C(C=O)N2CCC(c3ccc4[nH]c(-c5cc(C)c6ncnn6c5)c(C(C)C)c4c3)CC2)C1. The summed E-state index contributed by atoms with van der Waals surface area (Å²) in [6.07, 6.45) is 7.21. The number of carbonyl (C=O) groups is 1. The van der Waals surface area contributed by atoms with Gasteiger partial charge in [0.15, 0.2) is 11.9 Å². The first-order valence-corrected chi connectivity index (χ1v) is 14.5. The van der Waals surface area contributed by atoms with Crippen LogP contribution in [0.25, 0.3) is 27.8 Å². The third kappa shape index (κ3) is 4.75. The number of nitrogens with one attached hydrogen (secondary N) is 1. The van der Waals surface area contributed by atoms with Crippen LogP contribution in [-0.4, -0.2) is 92.4 Å². The van der Waals surface area contributed by atoms with E-state index in [1.807, 2.05) is 4.52 Å². The number of aromatic nitrogens is 4. The second-order valence-corrected chi connectivity index (χ2v) is 11.8. The zero-order chi connectivity index (χ0) is 28.0. The van der Waals surface area contributed by atoms with E-state index < -0.39 is 0 Å². The van der Waals surface area contributed by atoms with E-state index in [0.29, 0.717) is 18.4 Å². The zero-order valence-corrected chi connectivity index (χ0v) is 23.9. The molecule has 0 saturated carbocycles. The molecule has 212 valence electrons. The normalized spacial score (nSPS) is 22.1. The molecule has 5 heterocycles. The summed E-state index contributed by atoms with van der Waals surface area (Å²) in [5, 5.41) is 15.6. The van der Waals surface area contributed by atoms with Gasteiger partial charge in [-0.1, -0.05) is 19.9 Å². The summed E-state index contributed by atoms with van der Waals surface area (Å²) >= 11 is 0. The molecular formula is C31H40N6O3. The topological polar surface area (TPSA) is 99.0 Å². The Labute approximate surface area is 235 Å². The van der Waals surface area contributed by atoms with Crippen molar-refractivity contribution in [2.75, 3.05) is 33.4 Å². The van der Waals surface area contributed by atoms with Gasteiger partial charge in [-0.3, -0.25) is 9.80 Å². The van der Waals surface area contributed by atoms with Gasteiger partial charge in [-0.25, -0.2) is 9.50 Å². The summed E-state index contributed by atoms with van der Waals surface area (Å²) in [5.74, 6) is 0.788. The lowest BCUT2D eigenvalue weighted by Crippen LogP contribution is -2.54. The fourth-order valence-electron chi connectivity index (χ4n) is 6.99. The van der Waals surface area contributed by atoms with Gasteiger partial charge in [0.2, 0.25) is 0 Å². The fourth-order valence-corrected chi connectivity index (χ4v) is 6.99. The number of fused-ring (bicyclic) bond motifs is 2. The number of likely N-dealkylation sites (tertiary alicyclic amines) is 2. The molecule has 0 aliphatic carbocycles. The predicted molar refractivity (Wildman–Crippen MR) is 155 cm³/mol. The maximum atomic E-state index is 12.2. The second-order valence-electron chi connectivity index (χ2n) is 11.8. The van der Waals surface area contributed by atoms with Gasteiger partial charge in [0.25, 0.3) is 0 Å². The van der Waals surface area contributed by atoms with Crippen LogP contribution in [0, 0.1) is 6.92 Å². The average molecular weight is 545 g/mol. The number of hydrogen-bond acceptors (Lipinski definition) is 7. The number of carbonyl (C=O) groups excluding carboxylic acids is 1. The Hall–Kier alpha value is -3.11. The van der Waals surface area contributed by atoms with Crippen molar-refractivity contribution in [2.45, 2.75) is 70.2 Å². The highest BCUT2D eigenvalue weighted by atomic mass is 16.5. The molecule has 40 heavy (non-hydrogen) atoms. The molecule has 0 bridgehead atoms. The van der Waals surface area contributed by atoms with E-state index in [1.165, 1.54) is 16.5 Å². The third-order valence-electron chi connectivity index (χ3n) is 9.09. The van der Waals surface area contributed by atoms with Crippen LogP contribution >= 0.6 is 0 Å². The van der Waals surface area contributed by atoms with Gasteiger partial charge in [-0.15, -0.1) is 0 Å². The second kappa shape index (κ2) is 11.0. The van der Waals surface area contributed by atoms with Crippen LogP contribution in [0.1, 0.15) is 61.6 Å². The van der Waals surface area contributed by atoms with E-state index in [4.69, 9.17) is 4.74 Å². The quantitative estimate of drug-likeness (QED) is 0.322. The fraction of sp³-hybridized carbons (Fsp3) is 0.516. The molecule has 9 heteroatoms. The minimum atomic E-state index is -0.314. The number of aryl methyl sites for hydroxylation is 1. The van der Waals surface area contributed by atoms with Crippen molar-refractivity contribution in [3.8, 4) is 11.3 Å². The number of aliphatic hydroxyl groups is 1. The van der Waals surface area contributed by atoms with E-state index in [0.717, 1.165) is 66.6 Å². The minimum Gasteiger partial charge on any atom is -0.395 e. The first kappa shape index (κ1) is 27.1. The number of benzene rings is 1. The Balaban J connectivity index is 1.24. The molecular weight excluding hydrogens is 504 g/mol. The zero-order valence-electron chi connectivity index (χ0n) is 23.9. The van der Waals surface area contributed by atoms with Crippen molar-refractivity contribution in [3.05, 3.63) is 53.5 Å². The lowest BCUT2D eigenvalue weighted by molar-refractivity contribution is -0.121. The van der Waals surface area contributed by atoms with Crippen LogP contribution in [0.4, 0.5) is 0 Å². The highest BCUT2D eigenvalue weighted by Gasteiger charge is 2.39. The summed E-state index contributed by atoms with van der Waals surface area (Å²) < 4.78 is 7.40. The van der Waals surface area contributed by atoms with Gasteiger partial charge in [0.1, 0.15) is 12.5 Å². The van der Waals surface area contributed by atoms with Gasteiger partial charge in [0, 0.05) is 55.4 Å². The number of piperidine rings is 1. The standard InChI is InChI=1S/C31H40N6O3/c1-19(2)29-26-12-22(5-6-27(26)34-30(29)23-11-20(3)31-32-18-33-37(31)14-23)21-7-9-35(10-8-21)28(17-39)36-15-25(40-4)13-24(36)16-38/h5-6,11-12,14,17-19,21,24-25,28,34,38H,7-10,13,15-16H2,1-4H3/t24-,25-,28?/m1/s1. The smallest absolute Gasteiger partial charge is 0.158 e. The first-order valence-electron chi connectivity index (χ1n) is 14.5. The summed E-state index contributed by atoms with van der Waals surface area (Å²) in [6.45, 7) is 9.01. The number of methoxy groups -OCH3 is 1. The van der Waals surface area contributed by atoms with Crippen molar-refractivity contribution < 1.29 is 14.6 Å². The van der Waals surface area contributed by atoms with Crippen LogP contribution < -0.4 is 0 Å². The van der Waals surface area contributed by atoms with Crippen LogP contribution in [0.2, 0.25) is 0 Å². The number of H-pyrrole nitrogens is 1. The molecule has 0 amide bonds. The monoisotopic (exact) mass is 544 g/mol. The molecule has 3 aromatic heterocycles. The molecule has 2 N–H and O–H groups in total. The van der Waals surface area contributed by atoms with Gasteiger partial charge in [-0.2, -0.15) is 5.10 Å². The maximum absolute atomic E-state index is 12.2. The molecule has 9 nitrogen and oxygen atoms in total. The van der Waals surface area contributed by atoms with E-state index in [9.17, 15) is 9.90 Å². The molecule has 2 aliphatic heterocycles. The van der Waals surface area contributed by atoms with Gasteiger partial charge in [-0.05, 0) is 72.9 Å². The minimum absolute atomic E-state index is 0.0356. The van der Waals surface area contributed by atoms with Crippen LogP contribution in [0.15, 0.2) is 36.8 Å². The molecule has 0 spiro atoms. The van der Waals surface area contributed by atoms with Crippen molar-refractivity contribution in [1.82, 2.24) is 29.4 Å². The summed E-state index contributed by atoms with van der Waals surface area (Å²) in [6, 6.07) is 9.03. The van der Waals surface area contributed by atoms with Crippen molar-refractivity contribution in [3.63, 3.8) is 0 Å². The number of ether oxygens (including phenoxy) is 1. The van der Waals surface area contributed by atoms with E-state index in [1.54, 1.807) is 13.4 Å². The molecule has 2 saturated heterocycles. The molecule has 1 unspecified atom stereocenters. The lowest BCUT2D eigenvalue weighted by Gasteiger charge is -2.40. The maximum Gasteiger partial charge on any atom is 0.158 e. The number of hydrogen-bond donors (Lipinski definition) is 2. The average Bonchev–Trinajstić information content (AvgIpc) is 3.70. The van der Waals surface area contributed by atoms with Crippen LogP contribution in [0.3, 0.4) is 0 Å². The third-order valence-corrected chi connectivity index (χ3v) is 9.09. The highest BCUT2D eigenvalue weighted by molar-refractivity contribution is 5.92. The van der Waals surface area contributed by atoms with Gasteiger partial charge < -0.3 is 19.6 Å². The number of nitrogens with zero attached hydrogens (tertiary/aromatic N) is 5. The first-order chi connectivity index (χ1) is 19.4. The molecule has 6 rings (SSSR count). The Morgan fingerprint density at radius 2 is 2.02 bits per heavy atom. The molecule has 2 fully saturated rings. The van der Waals surface area contributed by atoms with Crippen LogP contribution in [-0.2, 0) is 9.53 Å². The van der Waals surface area contributed by atoms with E-state index in [-0.39, 0.29) is 24.9 Å². The Kier molecular flexibility index (Phi) is 7.48. The molecule has 3 atom stereocenters. The predicted octanol–water partition coefficient (Wildman–Crippen LogP) is 4.10. The Morgan fingerprint density at radius 1 is 1.23 bits per heavy atom. The molecule has 1 aromatic carbocycles. The largest absolute Gasteiger partial charge is 0.395 e. The van der Waals surface area contributed by atoms with Crippen molar-refractivity contribution in [2.24, 2.45) is 0 Å². The van der Waals surface area contributed by atoms with Gasteiger partial charge >= 0.3 is 0 Å². The number of aliphatic hydroxyl groups excluding tert-OH is 1.